The smallest absolute Gasteiger partial charge is 0.374 e. The molecule has 2 heterocycles. The van der Waals surface area contributed by atoms with E-state index in [9.17, 15) is 0 Å². The number of anilines is 1. The molecule has 6 heteroatoms. The average molecular weight is 562 g/mol. The summed E-state index contributed by atoms with van der Waals surface area (Å²) in [5.74, 6) is 2.69. The Labute approximate surface area is 248 Å². The zero-order valence-electron chi connectivity index (χ0n) is 26.4. The van der Waals surface area contributed by atoms with Gasteiger partial charge in [-0.3, -0.25) is 0 Å². The first-order valence-corrected chi connectivity index (χ1v) is 16.0. The molecule has 0 saturated heterocycles. The number of fused-ring (bicyclic) bond motifs is 2. The highest BCUT2D eigenvalue weighted by Crippen LogP contribution is 2.38. The summed E-state index contributed by atoms with van der Waals surface area (Å²) in [5, 5.41) is 0. The molecule has 0 fully saturated rings. The predicted molar refractivity (Wildman–Crippen MR) is 171 cm³/mol. The molecule has 2 aromatic carbocycles. The van der Waals surface area contributed by atoms with Crippen molar-refractivity contribution in [1.29, 1.82) is 0 Å². The van der Waals surface area contributed by atoms with Crippen molar-refractivity contribution >= 4 is 22.9 Å². The van der Waals surface area contributed by atoms with E-state index in [-0.39, 0.29) is 0 Å². The minimum Gasteiger partial charge on any atom is -0.439 e. The van der Waals surface area contributed by atoms with Crippen LogP contribution in [0.1, 0.15) is 60.3 Å². The number of ether oxygens (including phenoxy) is 1. The highest BCUT2D eigenvalue weighted by molar-refractivity contribution is 5.70. The minimum absolute atomic E-state index is 0.878. The Morgan fingerprint density at radius 1 is 0.756 bits per heavy atom. The van der Waals surface area contributed by atoms with Gasteiger partial charge in [-0.05, 0) is 71.9 Å². The van der Waals surface area contributed by atoms with E-state index in [1.54, 1.807) is 0 Å². The molecular formula is C35H53N4O2+3. The van der Waals surface area contributed by atoms with E-state index in [4.69, 9.17) is 9.15 Å². The van der Waals surface area contributed by atoms with Crippen LogP contribution in [0.3, 0.4) is 0 Å². The quantitative estimate of drug-likeness (QED) is 0.139. The van der Waals surface area contributed by atoms with Crippen LogP contribution < -0.4 is 14.2 Å². The van der Waals surface area contributed by atoms with Crippen molar-refractivity contribution in [3.63, 3.8) is 0 Å². The fourth-order valence-electron chi connectivity index (χ4n) is 6.45. The van der Waals surface area contributed by atoms with Gasteiger partial charge < -0.3 is 23.0 Å². The third-order valence-corrected chi connectivity index (χ3v) is 9.80. The van der Waals surface area contributed by atoms with Gasteiger partial charge in [-0.25, -0.2) is 0 Å². The normalized spacial score (nSPS) is 14.9. The van der Waals surface area contributed by atoms with Crippen molar-refractivity contribution in [2.45, 2.75) is 60.9 Å². The SMILES string of the molecule is CC[N+](CC)(CC)CCCN1/C(=C\C=C/c2oc3ccccc3[n+]2CCC[N+](CC)(CC)CC)Oc2ccccc21. The lowest BCUT2D eigenvalue weighted by molar-refractivity contribution is -0.925. The van der Waals surface area contributed by atoms with Crippen LogP contribution in [-0.4, -0.2) is 67.9 Å². The molecule has 0 spiro atoms. The van der Waals surface area contributed by atoms with Crippen LogP contribution in [0, 0.1) is 0 Å². The standard InChI is InChI=1S/C35H53N4O2/c1-7-38(8-2,9-3)28-18-26-36-30-20-13-15-22-32(30)40-34(36)24-17-25-35-37(31-21-14-16-23-33(31)41-35)27-19-29-39(10-4,11-5)12-6/h13-17,20-25H,7-12,18-19,26-29H2,1-6H3/q+3. The maximum absolute atomic E-state index is 6.34. The van der Waals surface area contributed by atoms with Crippen LogP contribution in [0.25, 0.3) is 17.2 Å². The van der Waals surface area contributed by atoms with Crippen molar-refractivity contribution in [2.75, 3.05) is 63.8 Å². The Morgan fingerprint density at radius 2 is 1.37 bits per heavy atom. The molecule has 3 aromatic rings. The number of hydrogen-bond acceptors (Lipinski definition) is 3. The second-order valence-corrected chi connectivity index (χ2v) is 11.4. The Bertz CT molecular complexity index is 1300. The third-order valence-electron chi connectivity index (χ3n) is 9.80. The number of para-hydroxylation sites is 4. The van der Waals surface area contributed by atoms with Crippen LogP contribution in [0.15, 0.2) is 71.0 Å². The summed E-state index contributed by atoms with van der Waals surface area (Å²) >= 11 is 0. The summed E-state index contributed by atoms with van der Waals surface area (Å²) in [6.07, 6.45) is 8.49. The zero-order chi connectivity index (χ0) is 29.3. The van der Waals surface area contributed by atoms with Gasteiger partial charge in [0.05, 0.1) is 70.5 Å². The number of allylic oxidation sites excluding steroid dienone is 2. The zero-order valence-corrected chi connectivity index (χ0v) is 26.4. The van der Waals surface area contributed by atoms with E-state index < -0.39 is 0 Å². The van der Waals surface area contributed by atoms with Crippen LogP contribution in [0.5, 0.6) is 5.75 Å². The van der Waals surface area contributed by atoms with Gasteiger partial charge in [0.2, 0.25) is 11.5 Å². The van der Waals surface area contributed by atoms with Crippen LogP contribution in [0.2, 0.25) is 0 Å². The second-order valence-electron chi connectivity index (χ2n) is 11.4. The van der Waals surface area contributed by atoms with Gasteiger partial charge in [0, 0.05) is 19.0 Å². The van der Waals surface area contributed by atoms with Gasteiger partial charge >= 0.3 is 5.89 Å². The van der Waals surface area contributed by atoms with E-state index in [1.807, 2.05) is 12.1 Å². The Balaban J connectivity index is 1.54. The first kappa shape index (κ1) is 30.9. The van der Waals surface area contributed by atoms with E-state index >= 15 is 0 Å². The van der Waals surface area contributed by atoms with Gasteiger partial charge in [0.1, 0.15) is 0 Å². The van der Waals surface area contributed by atoms with Crippen molar-refractivity contribution in [3.05, 3.63) is 72.5 Å². The summed E-state index contributed by atoms with van der Waals surface area (Å²) < 4.78 is 17.3. The van der Waals surface area contributed by atoms with E-state index in [1.165, 1.54) is 52.4 Å². The van der Waals surface area contributed by atoms with Gasteiger partial charge in [-0.2, -0.15) is 4.57 Å². The monoisotopic (exact) mass is 561 g/mol. The number of quaternary nitrogens is 2. The minimum atomic E-state index is 0.878. The predicted octanol–water partition coefficient (Wildman–Crippen LogP) is 7.01. The fraction of sp³-hybridized carbons (Fsp3) is 0.514. The van der Waals surface area contributed by atoms with Crippen LogP contribution >= 0.6 is 0 Å². The summed E-state index contributed by atoms with van der Waals surface area (Å²) in [6.45, 7) is 25.2. The summed E-state index contributed by atoms with van der Waals surface area (Å²) in [5.41, 5.74) is 3.23. The first-order valence-electron chi connectivity index (χ1n) is 16.0. The van der Waals surface area contributed by atoms with Crippen LogP contribution in [-0.2, 0) is 6.54 Å². The molecule has 6 nitrogen and oxygen atoms in total. The topological polar surface area (TPSA) is 29.5 Å². The summed E-state index contributed by atoms with van der Waals surface area (Å²) in [4.78, 5) is 2.33. The Kier molecular flexibility index (Phi) is 10.7. The molecule has 1 aromatic heterocycles. The molecule has 0 unspecified atom stereocenters. The molecule has 0 saturated carbocycles. The molecule has 0 radical (unpaired) electrons. The lowest BCUT2D eigenvalue weighted by Crippen LogP contribution is -2.49. The maximum Gasteiger partial charge on any atom is 0.374 e. The van der Waals surface area contributed by atoms with Crippen molar-refractivity contribution in [1.82, 2.24) is 0 Å². The summed E-state index contributed by atoms with van der Waals surface area (Å²) in [7, 11) is 0. The Morgan fingerprint density at radius 3 is 2.05 bits per heavy atom. The number of nitrogens with zero attached hydrogens (tertiary/aromatic N) is 4. The molecule has 0 aliphatic carbocycles. The van der Waals surface area contributed by atoms with Crippen molar-refractivity contribution in [2.24, 2.45) is 0 Å². The molecule has 0 amide bonds. The highest BCUT2D eigenvalue weighted by atomic mass is 16.5. The molecule has 1 aliphatic heterocycles. The van der Waals surface area contributed by atoms with Crippen molar-refractivity contribution < 1.29 is 22.7 Å². The molecule has 0 N–H and O–H groups in total. The van der Waals surface area contributed by atoms with Gasteiger partial charge in [-0.15, -0.1) is 0 Å². The van der Waals surface area contributed by atoms with Crippen molar-refractivity contribution in [3.8, 4) is 5.75 Å². The average Bonchev–Trinajstić information content (AvgIpc) is 3.55. The number of rotatable bonds is 16. The maximum atomic E-state index is 6.34. The molecule has 0 atom stereocenters. The van der Waals surface area contributed by atoms with E-state index in [2.05, 4.69) is 106 Å². The second kappa shape index (κ2) is 14.2. The number of oxazole rings is 1. The number of benzene rings is 2. The fourth-order valence-corrected chi connectivity index (χ4v) is 6.45. The number of hydrogen-bond donors (Lipinski definition) is 0. The lowest BCUT2D eigenvalue weighted by atomic mass is 10.2. The number of aromatic nitrogens is 1. The molecular weight excluding hydrogens is 508 g/mol. The van der Waals surface area contributed by atoms with E-state index in [0.29, 0.717) is 0 Å². The first-order chi connectivity index (χ1) is 20.0. The third kappa shape index (κ3) is 6.87. The van der Waals surface area contributed by atoms with E-state index in [0.717, 1.165) is 69.2 Å². The molecule has 1 aliphatic rings. The molecule has 4 rings (SSSR count). The summed E-state index contributed by atoms with van der Waals surface area (Å²) in [6, 6.07) is 16.7. The number of aryl methyl sites for hydroxylation is 1. The van der Waals surface area contributed by atoms with Crippen LogP contribution in [0.4, 0.5) is 5.69 Å². The largest absolute Gasteiger partial charge is 0.439 e. The van der Waals surface area contributed by atoms with Gasteiger partial charge in [0.15, 0.2) is 12.3 Å². The lowest BCUT2D eigenvalue weighted by Gasteiger charge is -2.36. The Hall–Kier alpha value is -3.09. The van der Waals surface area contributed by atoms with Gasteiger partial charge in [-0.1, -0.05) is 24.3 Å². The molecule has 41 heavy (non-hydrogen) atoms. The van der Waals surface area contributed by atoms with Gasteiger partial charge in [0.25, 0.3) is 5.52 Å². The molecule has 222 valence electrons. The molecule has 0 bridgehead atoms. The highest BCUT2D eigenvalue weighted by Gasteiger charge is 2.28.